The number of esters is 1. The summed E-state index contributed by atoms with van der Waals surface area (Å²) < 4.78 is 31.5. The molecule has 25 heavy (non-hydrogen) atoms. The first-order chi connectivity index (χ1) is 11.1. The van der Waals surface area contributed by atoms with Gasteiger partial charge in [0, 0.05) is 5.57 Å². The molecule has 1 atom stereocenters. The highest BCUT2D eigenvalue weighted by molar-refractivity contribution is 6.93. The smallest absolute Gasteiger partial charge is 0.359 e. The van der Waals surface area contributed by atoms with Crippen molar-refractivity contribution >= 4 is 40.2 Å². The Morgan fingerprint density at radius 2 is 1.32 bits per heavy atom. The maximum Gasteiger partial charge on any atom is 0.359 e. The molecule has 0 radical (unpaired) electrons. The number of hydrogen-bond donors (Lipinski definition) is 0. The van der Waals surface area contributed by atoms with Gasteiger partial charge in [-0.2, -0.15) is 0 Å². The molecule has 6 nitrogen and oxygen atoms in total. The van der Waals surface area contributed by atoms with Crippen molar-refractivity contribution < 1.29 is 26.0 Å². The molecule has 1 aliphatic rings. The predicted molar refractivity (Wildman–Crippen MR) is 108 cm³/mol. The van der Waals surface area contributed by atoms with E-state index in [1.807, 2.05) is 45.8 Å². The van der Waals surface area contributed by atoms with Crippen molar-refractivity contribution in [2.24, 2.45) is 0 Å². The van der Waals surface area contributed by atoms with Crippen molar-refractivity contribution in [3.8, 4) is 0 Å². The molecular weight excluding hydrogens is 389 g/mol. The zero-order valence-corrected chi connectivity index (χ0v) is 21.1. The fourth-order valence-corrected chi connectivity index (χ4v) is 24.9. The molecule has 1 rings (SSSR count). The Labute approximate surface area is 156 Å². The summed E-state index contributed by atoms with van der Waals surface area (Å²) in [4.78, 5) is 12.1. The Bertz CT molecular complexity index is 498. The van der Waals surface area contributed by atoms with Crippen LogP contribution in [0.4, 0.5) is 0 Å². The second-order valence-electron chi connectivity index (χ2n) is 8.09. The van der Waals surface area contributed by atoms with Crippen molar-refractivity contribution in [1.29, 1.82) is 0 Å². The molecule has 0 bridgehead atoms. The van der Waals surface area contributed by atoms with Gasteiger partial charge in [-0.05, 0) is 59.2 Å². The van der Waals surface area contributed by atoms with Crippen molar-refractivity contribution in [1.82, 2.24) is 0 Å². The van der Waals surface area contributed by atoms with E-state index >= 15 is 0 Å². The molecule has 0 saturated carbocycles. The Balaban J connectivity index is 3.24. The summed E-state index contributed by atoms with van der Waals surface area (Å²) in [6.07, 6.45) is 1.53. The monoisotopic (exact) mass is 422 g/mol. The van der Waals surface area contributed by atoms with Crippen LogP contribution >= 0.6 is 0 Å². The Hall–Kier alpha value is -0.0825. The summed E-state index contributed by atoms with van der Waals surface area (Å²) in [5.41, 5.74) is -0.0473. The third kappa shape index (κ3) is 6.86. The molecule has 1 fully saturated rings. The van der Waals surface area contributed by atoms with Gasteiger partial charge in [-0.15, -0.1) is 0 Å². The van der Waals surface area contributed by atoms with Gasteiger partial charge in [-0.1, -0.05) is 19.9 Å². The first-order valence-electron chi connectivity index (χ1n) is 8.78. The summed E-state index contributed by atoms with van der Waals surface area (Å²) in [5, 5.41) is 0. The molecule has 10 heteroatoms. The van der Waals surface area contributed by atoms with E-state index < -0.39 is 45.9 Å². The first kappa shape index (κ1) is 23.0. The number of ether oxygens (including phenoxy) is 1. The molecule has 1 saturated heterocycles. The molecule has 0 aromatic carbocycles. The zero-order valence-electron chi connectivity index (χ0n) is 17.1. The maximum absolute atomic E-state index is 12.1. The standard InChI is InChI=1S/C15H34O6Si4/c1-11-12-14(17-15(16)13(2)3)25(10)20-23(6,7)18-22(4,5)19-24(8,9)21-25/h14H,2,11-12H2,1,3-10H3. The highest BCUT2D eigenvalue weighted by Gasteiger charge is 2.56. The van der Waals surface area contributed by atoms with Gasteiger partial charge in [-0.25, -0.2) is 4.79 Å². The molecule has 0 N–H and O–H groups in total. The minimum atomic E-state index is -2.90. The second kappa shape index (κ2) is 7.88. The van der Waals surface area contributed by atoms with Crippen LogP contribution in [-0.4, -0.2) is 45.9 Å². The number of rotatable bonds is 5. The Morgan fingerprint density at radius 3 is 1.68 bits per heavy atom. The average molecular weight is 423 g/mol. The third-order valence-electron chi connectivity index (χ3n) is 3.61. The minimum Gasteiger partial charge on any atom is -0.457 e. The van der Waals surface area contributed by atoms with E-state index in [2.05, 4.69) is 13.5 Å². The van der Waals surface area contributed by atoms with Crippen molar-refractivity contribution in [3.05, 3.63) is 12.2 Å². The van der Waals surface area contributed by atoms with Crippen LogP contribution in [0.1, 0.15) is 26.7 Å². The lowest BCUT2D eigenvalue weighted by molar-refractivity contribution is -0.142. The van der Waals surface area contributed by atoms with E-state index in [0.717, 1.165) is 6.42 Å². The zero-order chi connectivity index (χ0) is 19.7. The lowest BCUT2D eigenvalue weighted by atomic mass is 10.3. The van der Waals surface area contributed by atoms with E-state index in [-0.39, 0.29) is 0 Å². The molecule has 1 unspecified atom stereocenters. The summed E-state index contributed by atoms with van der Waals surface area (Å²) >= 11 is 0. The van der Waals surface area contributed by atoms with Crippen LogP contribution in [0.5, 0.6) is 0 Å². The van der Waals surface area contributed by atoms with Crippen LogP contribution in [0, 0.1) is 0 Å². The molecule has 1 heterocycles. The minimum absolute atomic E-state index is 0.374. The van der Waals surface area contributed by atoms with E-state index in [1.54, 1.807) is 6.92 Å². The first-order valence-corrected chi connectivity index (χ1v) is 19.6. The van der Waals surface area contributed by atoms with Crippen molar-refractivity contribution in [3.63, 3.8) is 0 Å². The van der Waals surface area contributed by atoms with Crippen LogP contribution in [0.3, 0.4) is 0 Å². The van der Waals surface area contributed by atoms with E-state index in [1.165, 1.54) is 0 Å². The Kier molecular flexibility index (Phi) is 7.24. The lowest BCUT2D eigenvalue weighted by Gasteiger charge is -2.49. The van der Waals surface area contributed by atoms with Crippen LogP contribution in [0.15, 0.2) is 12.2 Å². The van der Waals surface area contributed by atoms with Crippen molar-refractivity contribution in [2.75, 3.05) is 0 Å². The van der Waals surface area contributed by atoms with Crippen molar-refractivity contribution in [2.45, 2.75) is 78.2 Å². The second-order valence-corrected chi connectivity index (χ2v) is 22.4. The molecule has 146 valence electrons. The number of carbonyl (C=O) groups excluding carboxylic acids is 1. The fourth-order valence-electron chi connectivity index (χ4n) is 3.29. The molecular formula is C15H34O6Si4. The maximum atomic E-state index is 12.1. The van der Waals surface area contributed by atoms with Crippen LogP contribution < -0.4 is 0 Å². The van der Waals surface area contributed by atoms with Gasteiger partial charge >= 0.3 is 40.2 Å². The van der Waals surface area contributed by atoms with Gasteiger partial charge < -0.3 is 21.2 Å². The lowest BCUT2D eigenvalue weighted by Crippen LogP contribution is -2.69. The van der Waals surface area contributed by atoms with Crippen LogP contribution in [0.2, 0.25) is 45.8 Å². The van der Waals surface area contributed by atoms with Gasteiger partial charge in [0.2, 0.25) is 0 Å². The SMILES string of the molecule is C=C(C)C(=O)OC(CCC)[Si]1(C)O[Si](C)(C)O[Si](C)(C)O[Si](C)(C)O1. The molecule has 0 amide bonds. The largest absolute Gasteiger partial charge is 0.457 e. The number of carbonyl (C=O) groups is 1. The summed E-state index contributed by atoms with van der Waals surface area (Å²) in [6.45, 7) is 21.4. The van der Waals surface area contributed by atoms with Crippen LogP contribution in [-0.2, 0) is 26.0 Å². The molecule has 0 spiro atoms. The highest BCUT2D eigenvalue weighted by Crippen LogP contribution is 2.34. The summed E-state index contributed by atoms with van der Waals surface area (Å²) in [5.74, 6) is -0.406. The summed E-state index contributed by atoms with van der Waals surface area (Å²) in [7, 11) is -10.2. The molecule has 1 aliphatic heterocycles. The topological polar surface area (TPSA) is 63.2 Å². The van der Waals surface area contributed by atoms with Gasteiger partial charge in [0.05, 0.1) is 0 Å². The van der Waals surface area contributed by atoms with E-state index in [0.29, 0.717) is 12.0 Å². The Morgan fingerprint density at radius 1 is 0.920 bits per heavy atom. The van der Waals surface area contributed by atoms with Gasteiger partial charge in [0.15, 0.2) is 0 Å². The normalized spacial score (nSPS) is 25.3. The average Bonchev–Trinajstić information content (AvgIpc) is 2.31. The molecule has 0 aromatic heterocycles. The third-order valence-corrected chi connectivity index (χ3v) is 20.2. The quantitative estimate of drug-likeness (QED) is 0.378. The van der Waals surface area contributed by atoms with Gasteiger partial charge in [-0.3, -0.25) is 0 Å². The number of hydrogen-bond acceptors (Lipinski definition) is 6. The van der Waals surface area contributed by atoms with Gasteiger partial charge in [0.25, 0.3) is 0 Å². The van der Waals surface area contributed by atoms with E-state index in [9.17, 15) is 4.79 Å². The summed E-state index contributed by atoms with van der Waals surface area (Å²) in [6, 6.07) is 0. The van der Waals surface area contributed by atoms with Gasteiger partial charge in [0.1, 0.15) is 5.73 Å². The predicted octanol–water partition coefficient (Wildman–Crippen LogP) is 4.07. The van der Waals surface area contributed by atoms with Crippen LogP contribution in [0.25, 0.3) is 0 Å². The molecule has 0 aromatic rings. The fraction of sp³-hybridized carbons (Fsp3) is 0.800. The highest BCUT2D eigenvalue weighted by atomic mass is 28.5. The molecule has 0 aliphatic carbocycles. The van der Waals surface area contributed by atoms with E-state index in [4.69, 9.17) is 21.2 Å².